The molecule has 4 rings (SSSR count). The van der Waals surface area contributed by atoms with Crippen molar-refractivity contribution in [3.63, 3.8) is 0 Å². The summed E-state index contributed by atoms with van der Waals surface area (Å²) in [5.74, 6) is 0.200. The van der Waals surface area contributed by atoms with E-state index in [0.717, 1.165) is 25.2 Å². The van der Waals surface area contributed by atoms with E-state index in [-0.39, 0.29) is 17.4 Å². The quantitative estimate of drug-likeness (QED) is 0.685. The smallest absolute Gasteiger partial charge is 0.316 e. The van der Waals surface area contributed by atoms with Gasteiger partial charge in [-0.3, -0.25) is 9.69 Å². The van der Waals surface area contributed by atoms with E-state index in [4.69, 9.17) is 0 Å². The molecule has 1 aliphatic heterocycles. The Morgan fingerprint density at radius 1 is 1.24 bits per heavy atom. The van der Waals surface area contributed by atoms with Crippen LogP contribution < -0.4 is 10.5 Å². The molecule has 1 unspecified atom stereocenters. The van der Waals surface area contributed by atoms with Gasteiger partial charge >= 0.3 is 6.03 Å². The number of H-pyrrole nitrogens is 1. The first-order valence-corrected chi connectivity index (χ1v) is 10.7. The minimum atomic E-state index is -2.87. The van der Waals surface area contributed by atoms with Crippen LogP contribution in [0, 0.1) is 11.3 Å². The summed E-state index contributed by atoms with van der Waals surface area (Å²) in [6.45, 7) is 4.17. The molecule has 0 spiro atoms. The molecule has 1 atom stereocenters. The van der Waals surface area contributed by atoms with Gasteiger partial charge in [0.15, 0.2) is 5.82 Å². The van der Waals surface area contributed by atoms with Crippen LogP contribution in [0.15, 0.2) is 4.79 Å². The molecule has 160 valence electrons. The first-order valence-electron chi connectivity index (χ1n) is 10.7. The monoisotopic (exact) mass is 408 g/mol. The van der Waals surface area contributed by atoms with Crippen LogP contribution in [-0.2, 0) is 5.54 Å². The number of nitrogens with zero attached hydrogens (tertiary/aromatic N) is 3. The molecule has 1 N–H and O–H groups in total. The second kappa shape index (κ2) is 7.06. The summed E-state index contributed by atoms with van der Waals surface area (Å²) < 4.78 is 26.6. The molecule has 6 nitrogen and oxygen atoms in total. The van der Waals surface area contributed by atoms with Gasteiger partial charge in [-0.25, -0.2) is 18.6 Å². The number of rotatable bonds is 8. The number of aromatic amines is 1. The summed E-state index contributed by atoms with van der Waals surface area (Å²) in [6.07, 6.45) is 5.39. The highest BCUT2D eigenvalue weighted by atomic mass is 19.3. The third-order valence-electron chi connectivity index (χ3n) is 7.29. The van der Waals surface area contributed by atoms with Crippen molar-refractivity contribution in [3.05, 3.63) is 21.9 Å². The van der Waals surface area contributed by atoms with E-state index in [1.807, 2.05) is 6.92 Å². The fraction of sp³-hybridized carbons (Fsp3) is 0.762. The largest absolute Gasteiger partial charge is 0.325 e. The number of carbonyl (C=O) groups excluding carboxylic acids is 1. The summed E-state index contributed by atoms with van der Waals surface area (Å²) in [4.78, 5) is 35.3. The standard InChI is InChI=1S/C21H30F2N4O2/c1-4-8-20(2)15-14(18(28)25-17(24-15)16(22)23)27(19(29)26(20)3)12-5-9-21(10-11-21)13-6-7-13/h13,16H,4-12H2,1-3H3,(H,24,25,28). The maximum Gasteiger partial charge on any atom is 0.325 e. The molecule has 8 heteroatoms. The SMILES string of the molecule is CCCC1(C)c2nc(C(F)F)[nH]c(=O)c2N(CCCC2(C3CC3)CC2)C(=O)N1C. The molecule has 0 bridgehead atoms. The summed E-state index contributed by atoms with van der Waals surface area (Å²) in [5.41, 5.74) is -0.665. The Hall–Kier alpha value is -1.99. The van der Waals surface area contributed by atoms with Crippen molar-refractivity contribution in [3.8, 4) is 0 Å². The van der Waals surface area contributed by atoms with Crippen LogP contribution in [0.4, 0.5) is 19.3 Å². The van der Waals surface area contributed by atoms with Gasteiger partial charge in [-0.1, -0.05) is 13.3 Å². The molecular weight excluding hydrogens is 378 g/mol. The normalized spacial score (nSPS) is 25.5. The van der Waals surface area contributed by atoms with Gasteiger partial charge in [0.2, 0.25) is 0 Å². The van der Waals surface area contributed by atoms with Gasteiger partial charge in [0.1, 0.15) is 5.69 Å². The average molecular weight is 408 g/mol. The number of nitrogens with one attached hydrogen (secondary N) is 1. The molecule has 2 amide bonds. The van der Waals surface area contributed by atoms with Crippen molar-refractivity contribution in [2.24, 2.45) is 11.3 Å². The fourth-order valence-corrected chi connectivity index (χ4v) is 5.15. The van der Waals surface area contributed by atoms with Crippen LogP contribution in [0.2, 0.25) is 0 Å². The van der Waals surface area contributed by atoms with Crippen molar-refractivity contribution < 1.29 is 13.6 Å². The van der Waals surface area contributed by atoms with E-state index in [2.05, 4.69) is 9.97 Å². The zero-order valence-electron chi connectivity index (χ0n) is 17.4. The molecule has 3 aliphatic rings. The molecule has 0 aromatic carbocycles. The number of hydrogen-bond donors (Lipinski definition) is 1. The van der Waals surface area contributed by atoms with E-state index in [1.54, 1.807) is 18.9 Å². The number of alkyl halides is 2. The van der Waals surface area contributed by atoms with Crippen LogP contribution >= 0.6 is 0 Å². The van der Waals surface area contributed by atoms with Crippen molar-refractivity contribution >= 4 is 11.7 Å². The summed E-state index contributed by atoms with van der Waals surface area (Å²) in [5, 5.41) is 0. The lowest BCUT2D eigenvalue weighted by Gasteiger charge is -2.46. The highest BCUT2D eigenvalue weighted by Gasteiger charge is 2.53. The van der Waals surface area contributed by atoms with Gasteiger partial charge < -0.3 is 9.88 Å². The second-order valence-electron chi connectivity index (χ2n) is 9.21. The van der Waals surface area contributed by atoms with Gasteiger partial charge in [0, 0.05) is 13.6 Å². The zero-order chi connectivity index (χ0) is 21.0. The average Bonchev–Trinajstić information content (AvgIpc) is 3.56. The van der Waals surface area contributed by atoms with Crippen LogP contribution in [0.25, 0.3) is 0 Å². The lowest BCUT2D eigenvalue weighted by Crippen LogP contribution is -2.58. The molecule has 1 aromatic heterocycles. The molecule has 2 heterocycles. The fourth-order valence-electron chi connectivity index (χ4n) is 5.15. The maximum atomic E-state index is 13.3. The van der Waals surface area contributed by atoms with E-state index in [1.165, 1.54) is 30.6 Å². The predicted octanol–water partition coefficient (Wildman–Crippen LogP) is 4.57. The van der Waals surface area contributed by atoms with Crippen molar-refractivity contribution in [2.45, 2.75) is 77.2 Å². The van der Waals surface area contributed by atoms with E-state index >= 15 is 0 Å². The lowest BCUT2D eigenvalue weighted by atomic mass is 9.87. The number of aromatic nitrogens is 2. The van der Waals surface area contributed by atoms with E-state index in [9.17, 15) is 18.4 Å². The maximum absolute atomic E-state index is 13.3. The molecular formula is C21H30F2N4O2. The minimum absolute atomic E-state index is 0.143. The summed E-state index contributed by atoms with van der Waals surface area (Å²) in [7, 11) is 1.67. The zero-order valence-corrected chi connectivity index (χ0v) is 17.4. The van der Waals surface area contributed by atoms with Crippen molar-refractivity contribution in [1.29, 1.82) is 0 Å². The van der Waals surface area contributed by atoms with Gasteiger partial charge in [-0.15, -0.1) is 0 Å². The number of anilines is 1. The lowest BCUT2D eigenvalue weighted by molar-refractivity contribution is 0.123. The molecule has 2 saturated carbocycles. The van der Waals surface area contributed by atoms with E-state index < -0.39 is 23.3 Å². The Labute approximate surface area is 169 Å². The first kappa shape index (κ1) is 20.3. The highest BCUT2D eigenvalue weighted by molar-refractivity contribution is 5.95. The van der Waals surface area contributed by atoms with Crippen LogP contribution in [0.3, 0.4) is 0 Å². The molecule has 1 aromatic rings. The van der Waals surface area contributed by atoms with Gasteiger partial charge in [-0.2, -0.15) is 0 Å². The number of amides is 2. The highest BCUT2D eigenvalue weighted by Crippen LogP contribution is 2.63. The Bertz CT molecular complexity index is 863. The Morgan fingerprint density at radius 3 is 2.48 bits per heavy atom. The third-order valence-corrected chi connectivity index (χ3v) is 7.29. The summed E-state index contributed by atoms with van der Waals surface area (Å²) >= 11 is 0. The number of fused-ring (bicyclic) bond motifs is 1. The molecule has 2 aliphatic carbocycles. The Morgan fingerprint density at radius 2 is 1.93 bits per heavy atom. The van der Waals surface area contributed by atoms with Crippen molar-refractivity contribution in [2.75, 3.05) is 18.5 Å². The number of halogens is 2. The Kier molecular flexibility index (Phi) is 4.94. The van der Waals surface area contributed by atoms with Gasteiger partial charge in [-0.05, 0) is 63.2 Å². The minimum Gasteiger partial charge on any atom is -0.316 e. The van der Waals surface area contributed by atoms with Crippen molar-refractivity contribution in [1.82, 2.24) is 14.9 Å². The van der Waals surface area contributed by atoms with Crippen LogP contribution in [0.1, 0.15) is 83.2 Å². The molecule has 29 heavy (non-hydrogen) atoms. The van der Waals surface area contributed by atoms with Gasteiger partial charge in [0.25, 0.3) is 12.0 Å². The number of carbonyl (C=O) groups is 1. The molecule has 0 radical (unpaired) electrons. The second-order valence-corrected chi connectivity index (χ2v) is 9.21. The topological polar surface area (TPSA) is 69.3 Å². The Balaban J connectivity index is 1.67. The number of urea groups is 1. The molecule has 0 saturated heterocycles. The first-order chi connectivity index (χ1) is 13.7. The van der Waals surface area contributed by atoms with Crippen LogP contribution in [-0.4, -0.2) is 34.5 Å². The van der Waals surface area contributed by atoms with E-state index in [0.29, 0.717) is 18.4 Å². The summed E-state index contributed by atoms with van der Waals surface area (Å²) in [6, 6.07) is -0.262. The van der Waals surface area contributed by atoms with Crippen LogP contribution in [0.5, 0.6) is 0 Å². The number of hydrogen-bond acceptors (Lipinski definition) is 3. The molecule has 2 fully saturated rings. The third kappa shape index (κ3) is 3.34. The predicted molar refractivity (Wildman–Crippen MR) is 106 cm³/mol. The van der Waals surface area contributed by atoms with Gasteiger partial charge in [0.05, 0.1) is 11.2 Å².